The van der Waals surface area contributed by atoms with Crippen LogP contribution in [0.2, 0.25) is 0 Å². The van der Waals surface area contributed by atoms with Gasteiger partial charge in [0.15, 0.2) is 0 Å². The third kappa shape index (κ3) is 2.92. The number of morpholine rings is 1. The average molecular weight is 309 g/mol. The van der Waals surface area contributed by atoms with Crippen LogP contribution in [0.25, 0.3) is 11.1 Å². The van der Waals surface area contributed by atoms with Gasteiger partial charge in [-0.2, -0.15) is 0 Å². The summed E-state index contributed by atoms with van der Waals surface area (Å²) in [4.78, 5) is 2.39. The zero-order chi connectivity index (χ0) is 15.7. The molecule has 2 heterocycles. The lowest BCUT2D eigenvalue weighted by molar-refractivity contribution is -0.264. The van der Waals surface area contributed by atoms with Gasteiger partial charge in [0.2, 0.25) is 5.79 Å². The van der Waals surface area contributed by atoms with E-state index in [2.05, 4.69) is 29.2 Å². The molecule has 2 saturated heterocycles. The summed E-state index contributed by atoms with van der Waals surface area (Å²) in [6.45, 7) is 2.26. The van der Waals surface area contributed by atoms with Gasteiger partial charge in [0, 0.05) is 11.6 Å². The Labute approximate surface area is 137 Å². The molecule has 0 aliphatic carbocycles. The van der Waals surface area contributed by atoms with Gasteiger partial charge in [-0.3, -0.25) is 4.90 Å². The zero-order valence-electron chi connectivity index (χ0n) is 13.3. The highest BCUT2D eigenvalue weighted by Gasteiger charge is 2.41. The predicted molar refractivity (Wildman–Crippen MR) is 90.9 cm³/mol. The molecule has 1 N–H and O–H groups in total. The van der Waals surface area contributed by atoms with E-state index in [0.717, 1.165) is 17.7 Å². The molecule has 0 aromatic heterocycles. The molecule has 2 aliphatic rings. The van der Waals surface area contributed by atoms with Crippen molar-refractivity contribution < 1.29 is 9.84 Å². The topological polar surface area (TPSA) is 32.7 Å². The predicted octanol–water partition coefficient (Wildman–Crippen LogP) is 3.38. The molecule has 0 amide bonds. The van der Waals surface area contributed by atoms with Gasteiger partial charge in [0.1, 0.15) is 0 Å². The molecule has 0 radical (unpaired) electrons. The van der Waals surface area contributed by atoms with E-state index in [9.17, 15) is 5.11 Å². The molecule has 2 fully saturated rings. The second-order valence-corrected chi connectivity index (χ2v) is 6.66. The standard InChI is InChI=1S/C20H23NO2/c22-20(15-21-13-5-4-8-19(21)14-23-20)18-11-9-17(10-12-18)16-6-2-1-3-7-16/h1-3,6-7,9-12,19,22H,4-5,8,13-15H2/t19-,20-/m0/s1. The van der Waals surface area contributed by atoms with Crippen molar-refractivity contribution in [1.29, 1.82) is 0 Å². The maximum absolute atomic E-state index is 11.0. The van der Waals surface area contributed by atoms with Crippen LogP contribution in [0.3, 0.4) is 0 Å². The molecule has 0 saturated carbocycles. The highest BCUT2D eigenvalue weighted by atomic mass is 16.6. The molecule has 2 aromatic rings. The second-order valence-electron chi connectivity index (χ2n) is 6.66. The molecule has 0 unspecified atom stereocenters. The van der Waals surface area contributed by atoms with Crippen LogP contribution in [0.5, 0.6) is 0 Å². The molecule has 0 bridgehead atoms. The SMILES string of the molecule is O[C@@]1(c2ccc(-c3ccccc3)cc2)CN2CCCC[C@H]2CO1. The van der Waals surface area contributed by atoms with Crippen molar-refractivity contribution in [3.05, 3.63) is 60.2 Å². The minimum absolute atomic E-state index is 0.479. The highest BCUT2D eigenvalue weighted by molar-refractivity contribution is 5.63. The van der Waals surface area contributed by atoms with Crippen molar-refractivity contribution in [2.24, 2.45) is 0 Å². The number of rotatable bonds is 2. The normalized spacial score (nSPS) is 28.3. The molecule has 23 heavy (non-hydrogen) atoms. The summed E-state index contributed by atoms with van der Waals surface area (Å²) < 4.78 is 5.88. The number of piperidine rings is 1. The third-order valence-electron chi connectivity index (χ3n) is 5.12. The van der Waals surface area contributed by atoms with Crippen molar-refractivity contribution in [1.82, 2.24) is 4.90 Å². The molecule has 3 heteroatoms. The van der Waals surface area contributed by atoms with Crippen molar-refractivity contribution >= 4 is 0 Å². The Balaban J connectivity index is 1.55. The van der Waals surface area contributed by atoms with E-state index in [1.165, 1.54) is 24.8 Å². The van der Waals surface area contributed by atoms with E-state index in [1.54, 1.807) is 0 Å². The van der Waals surface area contributed by atoms with Gasteiger partial charge in [-0.15, -0.1) is 0 Å². The van der Waals surface area contributed by atoms with Gasteiger partial charge in [-0.05, 0) is 30.5 Å². The van der Waals surface area contributed by atoms with E-state index in [-0.39, 0.29) is 0 Å². The van der Waals surface area contributed by atoms with Crippen molar-refractivity contribution in [3.8, 4) is 11.1 Å². The number of ether oxygens (including phenoxy) is 1. The minimum atomic E-state index is -1.18. The molecule has 4 rings (SSSR count). The quantitative estimate of drug-likeness (QED) is 0.923. The number of fused-ring (bicyclic) bond motifs is 1. The third-order valence-corrected chi connectivity index (χ3v) is 5.12. The number of benzene rings is 2. The van der Waals surface area contributed by atoms with Crippen LogP contribution >= 0.6 is 0 Å². The van der Waals surface area contributed by atoms with E-state index in [0.29, 0.717) is 19.2 Å². The van der Waals surface area contributed by atoms with Gasteiger partial charge in [0.05, 0.1) is 13.2 Å². The smallest absolute Gasteiger partial charge is 0.205 e. The Morgan fingerprint density at radius 2 is 1.70 bits per heavy atom. The monoisotopic (exact) mass is 309 g/mol. The lowest BCUT2D eigenvalue weighted by Gasteiger charge is -2.46. The lowest BCUT2D eigenvalue weighted by atomic mass is 9.95. The molecular weight excluding hydrogens is 286 g/mol. The summed E-state index contributed by atoms with van der Waals surface area (Å²) >= 11 is 0. The molecule has 2 aliphatic heterocycles. The number of hydrogen-bond acceptors (Lipinski definition) is 3. The van der Waals surface area contributed by atoms with E-state index in [4.69, 9.17) is 4.74 Å². The van der Waals surface area contributed by atoms with Crippen molar-refractivity contribution in [2.75, 3.05) is 19.7 Å². The first-order chi connectivity index (χ1) is 11.2. The Morgan fingerprint density at radius 3 is 2.48 bits per heavy atom. The molecule has 2 atom stereocenters. The number of hydrogen-bond donors (Lipinski definition) is 1. The van der Waals surface area contributed by atoms with Crippen molar-refractivity contribution in [3.63, 3.8) is 0 Å². The molecule has 2 aromatic carbocycles. The fourth-order valence-electron chi connectivity index (χ4n) is 3.74. The van der Waals surface area contributed by atoms with E-state index < -0.39 is 5.79 Å². The maximum Gasteiger partial charge on any atom is 0.205 e. The first kappa shape index (κ1) is 14.9. The summed E-state index contributed by atoms with van der Waals surface area (Å²) in [5.41, 5.74) is 3.19. The molecule has 3 nitrogen and oxygen atoms in total. The summed E-state index contributed by atoms with van der Waals surface area (Å²) in [7, 11) is 0. The van der Waals surface area contributed by atoms with E-state index >= 15 is 0 Å². The van der Waals surface area contributed by atoms with Crippen LogP contribution in [0, 0.1) is 0 Å². The van der Waals surface area contributed by atoms with Gasteiger partial charge < -0.3 is 9.84 Å². The molecule has 120 valence electrons. The first-order valence-corrected chi connectivity index (χ1v) is 8.51. The van der Waals surface area contributed by atoms with E-state index in [1.807, 2.05) is 30.3 Å². The fraction of sp³-hybridized carbons (Fsp3) is 0.400. The zero-order valence-corrected chi connectivity index (χ0v) is 13.3. The lowest BCUT2D eigenvalue weighted by Crippen LogP contribution is -2.56. The van der Waals surface area contributed by atoms with Gasteiger partial charge in [0.25, 0.3) is 0 Å². The average Bonchev–Trinajstić information content (AvgIpc) is 2.62. The second kappa shape index (κ2) is 6.08. The van der Waals surface area contributed by atoms with Crippen LogP contribution in [-0.2, 0) is 10.5 Å². The maximum atomic E-state index is 11.0. The fourth-order valence-corrected chi connectivity index (χ4v) is 3.74. The van der Waals surface area contributed by atoms with Gasteiger partial charge in [-0.1, -0.05) is 61.0 Å². The van der Waals surface area contributed by atoms with Crippen LogP contribution in [0.15, 0.2) is 54.6 Å². The number of nitrogens with zero attached hydrogens (tertiary/aromatic N) is 1. The summed E-state index contributed by atoms with van der Waals surface area (Å²) in [6, 6.07) is 18.9. The van der Waals surface area contributed by atoms with Crippen LogP contribution in [0.1, 0.15) is 24.8 Å². The highest BCUT2D eigenvalue weighted by Crippen LogP contribution is 2.33. The van der Waals surface area contributed by atoms with Crippen molar-refractivity contribution in [2.45, 2.75) is 31.1 Å². The Morgan fingerprint density at radius 1 is 0.957 bits per heavy atom. The van der Waals surface area contributed by atoms with Crippen LogP contribution < -0.4 is 0 Å². The van der Waals surface area contributed by atoms with Crippen LogP contribution in [-0.4, -0.2) is 35.7 Å². The Bertz CT molecular complexity index is 655. The largest absolute Gasteiger partial charge is 0.361 e. The van der Waals surface area contributed by atoms with Gasteiger partial charge >= 0.3 is 0 Å². The molecular formula is C20H23NO2. The summed E-state index contributed by atoms with van der Waals surface area (Å²) in [5.74, 6) is -1.18. The van der Waals surface area contributed by atoms with Crippen LogP contribution in [0.4, 0.5) is 0 Å². The number of aliphatic hydroxyl groups is 1. The Hall–Kier alpha value is -1.68. The summed E-state index contributed by atoms with van der Waals surface area (Å²) in [6.07, 6.45) is 3.68. The van der Waals surface area contributed by atoms with Gasteiger partial charge in [-0.25, -0.2) is 0 Å². The first-order valence-electron chi connectivity index (χ1n) is 8.51. The summed E-state index contributed by atoms with van der Waals surface area (Å²) in [5, 5.41) is 11.0. The minimum Gasteiger partial charge on any atom is -0.361 e. The molecule has 0 spiro atoms. The Kier molecular flexibility index (Phi) is 3.93.